The van der Waals surface area contributed by atoms with Crippen molar-refractivity contribution in [2.24, 2.45) is 0 Å². The molecule has 1 heterocycles. The molecule has 0 amide bonds. The Morgan fingerprint density at radius 3 is 2.76 bits per heavy atom. The van der Waals surface area contributed by atoms with E-state index in [-0.39, 0.29) is 12.6 Å². The van der Waals surface area contributed by atoms with Crippen molar-refractivity contribution >= 4 is 0 Å². The van der Waals surface area contributed by atoms with Crippen LogP contribution < -0.4 is 5.32 Å². The van der Waals surface area contributed by atoms with Gasteiger partial charge < -0.3 is 9.73 Å². The van der Waals surface area contributed by atoms with E-state index in [9.17, 15) is 8.78 Å². The van der Waals surface area contributed by atoms with Crippen LogP contribution in [0.3, 0.4) is 0 Å². The first-order valence-electron chi connectivity index (χ1n) is 5.38. The molecule has 90 valence electrons. The van der Waals surface area contributed by atoms with Crippen LogP contribution in [0.25, 0.3) is 0 Å². The lowest BCUT2D eigenvalue weighted by atomic mass is 10.2. The zero-order valence-corrected chi connectivity index (χ0v) is 9.41. The quantitative estimate of drug-likeness (QED) is 0.881. The summed E-state index contributed by atoms with van der Waals surface area (Å²) in [5, 5.41) is 3.07. The molecule has 2 aromatic rings. The lowest BCUT2D eigenvalue weighted by molar-refractivity contribution is 0.423. The highest BCUT2D eigenvalue weighted by molar-refractivity contribution is 5.19. The summed E-state index contributed by atoms with van der Waals surface area (Å²) in [6, 6.07) is 7.73. The largest absolute Gasteiger partial charge is 0.468 e. The first kappa shape index (κ1) is 11.8. The summed E-state index contributed by atoms with van der Waals surface area (Å²) in [4.78, 5) is 0. The van der Waals surface area contributed by atoms with Crippen molar-refractivity contribution in [1.29, 1.82) is 0 Å². The maximum Gasteiger partial charge on any atom is 0.163 e. The van der Waals surface area contributed by atoms with E-state index < -0.39 is 11.6 Å². The lowest BCUT2D eigenvalue weighted by Gasteiger charge is -2.11. The second kappa shape index (κ2) is 5.10. The van der Waals surface area contributed by atoms with Crippen LogP contribution in [0, 0.1) is 11.6 Å². The molecule has 0 radical (unpaired) electrons. The van der Waals surface area contributed by atoms with Crippen LogP contribution in [-0.4, -0.2) is 0 Å². The Labute approximate surface area is 98.3 Å². The number of hydrogen-bond acceptors (Lipinski definition) is 2. The number of halogens is 2. The minimum Gasteiger partial charge on any atom is -0.468 e. The molecule has 1 N–H and O–H groups in total. The molecule has 0 fully saturated rings. The molecular formula is C13H13F2NO. The summed E-state index contributed by atoms with van der Waals surface area (Å²) in [5.74, 6) is -0.858. The van der Waals surface area contributed by atoms with Crippen molar-refractivity contribution in [1.82, 2.24) is 5.32 Å². The van der Waals surface area contributed by atoms with Gasteiger partial charge in [0.25, 0.3) is 0 Å². The second-order valence-corrected chi connectivity index (χ2v) is 3.83. The van der Waals surface area contributed by atoms with E-state index in [4.69, 9.17) is 4.42 Å². The molecular weight excluding hydrogens is 224 g/mol. The second-order valence-electron chi connectivity index (χ2n) is 3.83. The van der Waals surface area contributed by atoms with Crippen molar-refractivity contribution in [3.8, 4) is 0 Å². The topological polar surface area (TPSA) is 25.2 Å². The Kier molecular flexibility index (Phi) is 3.54. The first-order valence-corrected chi connectivity index (χ1v) is 5.38. The van der Waals surface area contributed by atoms with E-state index in [1.165, 1.54) is 6.07 Å². The third-order valence-electron chi connectivity index (χ3n) is 2.60. The van der Waals surface area contributed by atoms with E-state index in [0.29, 0.717) is 5.56 Å². The third-order valence-corrected chi connectivity index (χ3v) is 2.60. The van der Waals surface area contributed by atoms with E-state index in [2.05, 4.69) is 5.32 Å². The number of rotatable bonds is 4. The summed E-state index contributed by atoms with van der Waals surface area (Å²) in [7, 11) is 0. The highest BCUT2D eigenvalue weighted by Gasteiger charge is 2.11. The van der Waals surface area contributed by atoms with Crippen molar-refractivity contribution in [3.05, 3.63) is 59.6 Å². The Morgan fingerprint density at radius 2 is 2.06 bits per heavy atom. The fourth-order valence-corrected chi connectivity index (χ4v) is 1.59. The van der Waals surface area contributed by atoms with Gasteiger partial charge >= 0.3 is 0 Å². The van der Waals surface area contributed by atoms with Gasteiger partial charge in [0.05, 0.1) is 12.3 Å². The molecule has 0 spiro atoms. The average Bonchev–Trinajstić information content (AvgIpc) is 2.84. The van der Waals surface area contributed by atoms with Gasteiger partial charge in [-0.05, 0) is 25.1 Å². The van der Waals surface area contributed by atoms with E-state index >= 15 is 0 Å². The highest BCUT2D eigenvalue weighted by Crippen LogP contribution is 2.15. The van der Waals surface area contributed by atoms with Crippen LogP contribution >= 0.6 is 0 Å². The predicted octanol–water partition coefficient (Wildman–Crippen LogP) is 3.41. The Hall–Kier alpha value is -1.68. The molecule has 2 rings (SSSR count). The summed E-state index contributed by atoms with van der Waals surface area (Å²) in [5.41, 5.74) is 0.309. The molecule has 0 aliphatic carbocycles. The minimum absolute atomic E-state index is 0.0485. The molecule has 2 nitrogen and oxygen atoms in total. The zero-order chi connectivity index (χ0) is 12.3. The minimum atomic E-state index is -0.824. The van der Waals surface area contributed by atoms with Crippen LogP contribution in [0.4, 0.5) is 8.78 Å². The summed E-state index contributed by atoms with van der Waals surface area (Å²) in [6.45, 7) is 2.15. The van der Waals surface area contributed by atoms with Crippen LogP contribution in [-0.2, 0) is 6.54 Å². The molecule has 0 aliphatic heterocycles. The van der Waals surface area contributed by atoms with Gasteiger partial charge in [-0.3, -0.25) is 0 Å². The number of nitrogens with one attached hydrogen (secondary N) is 1. The normalized spacial score (nSPS) is 12.6. The van der Waals surface area contributed by atoms with Crippen LogP contribution in [0.2, 0.25) is 0 Å². The molecule has 1 atom stereocenters. The fraction of sp³-hybridized carbons (Fsp3) is 0.231. The molecule has 0 aliphatic rings. The van der Waals surface area contributed by atoms with Crippen molar-refractivity contribution in [2.75, 3.05) is 0 Å². The Bertz CT molecular complexity index is 482. The van der Waals surface area contributed by atoms with Crippen molar-refractivity contribution < 1.29 is 13.2 Å². The molecule has 4 heteroatoms. The Morgan fingerprint density at radius 1 is 1.24 bits per heavy atom. The molecule has 17 heavy (non-hydrogen) atoms. The van der Waals surface area contributed by atoms with Crippen LogP contribution in [0.15, 0.2) is 41.0 Å². The van der Waals surface area contributed by atoms with Gasteiger partial charge in [-0.25, -0.2) is 8.78 Å². The Balaban J connectivity index is 2.00. The van der Waals surface area contributed by atoms with E-state index in [0.717, 1.165) is 11.8 Å². The van der Waals surface area contributed by atoms with Crippen molar-refractivity contribution in [3.63, 3.8) is 0 Å². The SMILES string of the molecule is C[C@@H](NCc1cccc(F)c1F)c1ccco1. The number of hydrogen-bond donors (Lipinski definition) is 1. The van der Waals surface area contributed by atoms with Gasteiger partial charge in [0.1, 0.15) is 5.76 Å². The van der Waals surface area contributed by atoms with Gasteiger partial charge in [0.2, 0.25) is 0 Å². The number of benzene rings is 1. The van der Waals surface area contributed by atoms with Crippen LogP contribution in [0.5, 0.6) is 0 Å². The third kappa shape index (κ3) is 2.71. The lowest BCUT2D eigenvalue weighted by Crippen LogP contribution is -2.18. The molecule has 0 saturated heterocycles. The highest BCUT2D eigenvalue weighted by atomic mass is 19.2. The molecule has 0 unspecified atom stereocenters. The fourth-order valence-electron chi connectivity index (χ4n) is 1.59. The molecule has 1 aromatic carbocycles. The van der Waals surface area contributed by atoms with Gasteiger partial charge in [-0.1, -0.05) is 12.1 Å². The van der Waals surface area contributed by atoms with Crippen LogP contribution in [0.1, 0.15) is 24.3 Å². The first-order chi connectivity index (χ1) is 8.18. The molecule has 0 bridgehead atoms. The maximum absolute atomic E-state index is 13.4. The standard InChI is InChI=1S/C13H13F2NO/c1-9(12-6-3-7-17-12)16-8-10-4-2-5-11(14)13(10)15/h2-7,9,16H,8H2,1H3/t9-/m1/s1. The summed E-state index contributed by atoms with van der Waals surface area (Å²) < 4.78 is 31.5. The average molecular weight is 237 g/mol. The van der Waals surface area contributed by atoms with Gasteiger partial charge in [0, 0.05) is 12.1 Å². The number of furan rings is 1. The maximum atomic E-state index is 13.4. The van der Waals surface area contributed by atoms with Gasteiger partial charge in [-0.2, -0.15) is 0 Å². The molecule has 0 saturated carbocycles. The molecule has 1 aromatic heterocycles. The monoisotopic (exact) mass is 237 g/mol. The van der Waals surface area contributed by atoms with E-state index in [1.807, 2.05) is 13.0 Å². The van der Waals surface area contributed by atoms with E-state index in [1.54, 1.807) is 18.4 Å². The van der Waals surface area contributed by atoms with Crippen molar-refractivity contribution in [2.45, 2.75) is 19.5 Å². The van der Waals surface area contributed by atoms with Gasteiger partial charge in [0.15, 0.2) is 11.6 Å². The van der Waals surface area contributed by atoms with Gasteiger partial charge in [-0.15, -0.1) is 0 Å². The smallest absolute Gasteiger partial charge is 0.163 e. The predicted molar refractivity (Wildman–Crippen MR) is 60.3 cm³/mol. The summed E-state index contributed by atoms with van der Waals surface area (Å²) >= 11 is 0. The summed E-state index contributed by atoms with van der Waals surface area (Å²) in [6.07, 6.45) is 1.58. The zero-order valence-electron chi connectivity index (χ0n) is 9.41.